The van der Waals surface area contributed by atoms with E-state index in [1.54, 1.807) is 25.2 Å². The van der Waals surface area contributed by atoms with Gasteiger partial charge in [-0.25, -0.2) is 8.42 Å². The zero-order valence-electron chi connectivity index (χ0n) is 16.9. The minimum atomic E-state index is -3.60. The molecule has 0 aromatic heterocycles. The molecule has 0 atom stereocenters. The normalized spacial score (nSPS) is 15.3. The van der Waals surface area contributed by atoms with E-state index in [4.69, 9.17) is 0 Å². The molecule has 158 valence electrons. The highest BCUT2D eigenvalue weighted by Crippen LogP contribution is 2.22. The summed E-state index contributed by atoms with van der Waals surface area (Å²) in [6, 6.07) is 14.1. The second-order valence-corrected chi connectivity index (χ2v) is 8.54. The average molecular weight is 429 g/mol. The second kappa shape index (κ2) is 9.08. The third-order valence-corrected chi connectivity index (χ3v) is 6.13. The smallest absolute Gasteiger partial charge is 0.263 e. The van der Waals surface area contributed by atoms with E-state index in [0.717, 1.165) is 17.7 Å². The van der Waals surface area contributed by atoms with Gasteiger partial charge in [-0.1, -0.05) is 37.3 Å². The van der Waals surface area contributed by atoms with Crippen LogP contribution in [0.1, 0.15) is 24.5 Å². The maximum atomic E-state index is 12.3. The third kappa shape index (κ3) is 4.85. The first-order chi connectivity index (χ1) is 14.3. The number of nitrogens with one attached hydrogen (secondary N) is 2. The molecule has 1 aliphatic rings. The molecule has 0 aliphatic carbocycles. The second-order valence-electron chi connectivity index (χ2n) is 6.89. The van der Waals surface area contributed by atoms with Crippen molar-refractivity contribution >= 4 is 33.4 Å². The summed E-state index contributed by atoms with van der Waals surface area (Å²) in [5, 5.41) is 2.83. The number of amides is 2. The van der Waals surface area contributed by atoms with Crippen LogP contribution in [0.4, 0.5) is 5.69 Å². The summed E-state index contributed by atoms with van der Waals surface area (Å²) in [6.45, 7) is 2.03. The van der Waals surface area contributed by atoms with Gasteiger partial charge in [0, 0.05) is 24.7 Å². The summed E-state index contributed by atoms with van der Waals surface area (Å²) in [5.74, 6) is -0.307. The number of likely N-dealkylation sites (N-methyl/N-ethyl adjacent to an activating group) is 1. The molecule has 0 saturated carbocycles. The summed E-state index contributed by atoms with van der Waals surface area (Å²) in [7, 11) is -2.05. The molecule has 1 heterocycles. The molecule has 1 aliphatic heterocycles. The minimum Gasteiger partial charge on any atom is -0.336 e. The van der Waals surface area contributed by atoms with Gasteiger partial charge in [0.25, 0.3) is 10.0 Å². The van der Waals surface area contributed by atoms with Crippen molar-refractivity contribution in [3.05, 3.63) is 59.7 Å². The first-order valence-corrected chi connectivity index (χ1v) is 11.1. The molecule has 8 nitrogen and oxygen atoms in total. The zero-order chi connectivity index (χ0) is 21.7. The van der Waals surface area contributed by atoms with Gasteiger partial charge in [0.05, 0.1) is 18.0 Å². The minimum absolute atomic E-state index is 0.0583. The molecule has 2 aromatic carbocycles. The lowest BCUT2D eigenvalue weighted by Gasteiger charge is -2.17. The lowest BCUT2D eigenvalue weighted by molar-refractivity contribution is -0.133. The van der Waals surface area contributed by atoms with Crippen LogP contribution in [0.15, 0.2) is 58.4 Å². The van der Waals surface area contributed by atoms with Crippen LogP contribution in [0.2, 0.25) is 0 Å². The number of nitrogens with zero attached hydrogens (tertiary/aromatic N) is 2. The Balaban J connectivity index is 1.54. The first kappa shape index (κ1) is 21.5. The predicted molar refractivity (Wildman–Crippen MR) is 115 cm³/mol. The molecule has 3 rings (SSSR count). The number of aryl methyl sites for hydroxylation is 1. The van der Waals surface area contributed by atoms with Gasteiger partial charge in [0.2, 0.25) is 11.8 Å². The Kier molecular flexibility index (Phi) is 6.51. The predicted octanol–water partition coefficient (Wildman–Crippen LogP) is 1.77. The summed E-state index contributed by atoms with van der Waals surface area (Å²) >= 11 is 0. The highest BCUT2D eigenvalue weighted by molar-refractivity contribution is 7.90. The fraction of sp³-hybridized carbons (Fsp3) is 0.286. The van der Waals surface area contributed by atoms with Crippen LogP contribution in [0.3, 0.4) is 0 Å². The van der Waals surface area contributed by atoms with Crippen molar-refractivity contribution in [2.24, 2.45) is 4.99 Å². The standard InChI is InChI=1S/C21H24N4O4S/c1-3-15-8-4-6-10-17(15)23-19(26)14-25(2)20(27)12-13-22-21-16-9-5-7-11-18(16)30(28,29)24-21/h4-11H,3,12-14H2,1-2H3,(H,22,24)(H,23,26). The summed E-state index contributed by atoms with van der Waals surface area (Å²) in [5.41, 5.74) is 2.26. The fourth-order valence-corrected chi connectivity index (χ4v) is 4.40. The average Bonchev–Trinajstić information content (AvgIpc) is 2.98. The van der Waals surface area contributed by atoms with Gasteiger partial charge in [0.1, 0.15) is 5.84 Å². The SMILES string of the molecule is CCc1ccccc1NC(=O)CN(C)C(=O)CCN=C1NS(=O)(=O)c2ccccc21. The monoisotopic (exact) mass is 428 g/mol. The van der Waals surface area contributed by atoms with E-state index < -0.39 is 10.0 Å². The van der Waals surface area contributed by atoms with Crippen molar-refractivity contribution in [1.82, 2.24) is 9.62 Å². The van der Waals surface area contributed by atoms with Crippen molar-refractivity contribution in [2.75, 3.05) is 25.5 Å². The topological polar surface area (TPSA) is 108 Å². The van der Waals surface area contributed by atoms with E-state index >= 15 is 0 Å². The number of aliphatic imine (C=N–C) groups is 1. The van der Waals surface area contributed by atoms with Gasteiger partial charge in [0.15, 0.2) is 0 Å². The first-order valence-electron chi connectivity index (χ1n) is 9.60. The fourth-order valence-electron chi connectivity index (χ4n) is 3.15. The molecule has 9 heteroatoms. The summed E-state index contributed by atoms with van der Waals surface area (Å²) in [6.07, 6.45) is 0.848. The number of carbonyl (C=O) groups excluding carboxylic acids is 2. The molecular formula is C21H24N4O4S. The molecule has 2 amide bonds. The number of fused-ring (bicyclic) bond motifs is 1. The van der Waals surface area contributed by atoms with Gasteiger partial charge in [-0.05, 0) is 30.2 Å². The van der Waals surface area contributed by atoms with Gasteiger partial charge >= 0.3 is 0 Å². The number of anilines is 1. The van der Waals surface area contributed by atoms with E-state index in [9.17, 15) is 18.0 Å². The Labute approximate surface area is 176 Å². The van der Waals surface area contributed by atoms with Gasteiger partial charge in [-0.3, -0.25) is 19.3 Å². The molecule has 2 N–H and O–H groups in total. The van der Waals surface area contributed by atoms with Crippen LogP contribution in [-0.4, -0.2) is 51.1 Å². The molecule has 0 bridgehead atoms. The van der Waals surface area contributed by atoms with Crippen molar-refractivity contribution in [3.8, 4) is 0 Å². The number of rotatable bonds is 7. The van der Waals surface area contributed by atoms with E-state index in [0.29, 0.717) is 5.56 Å². The molecule has 2 aromatic rings. The van der Waals surface area contributed by atoms with E-state index in [1.807, 2.05) is 31.2 Å². The lowest BCUT2D eigenvalue weighted by atomic mass is 10.1. The molecule has 0 saturated heterocycles. The zero-order valence-corrected chi connectivity index (χ0v) is 17.7. The Morgan fingerprint density at radius 3 is 2.57 bits per heavy atom. The molecule has 0 radical (unpaired) electrons. The van der Waals surface area contributed by atoms with Crippen LogP contribution < -0.4 is 10.0 Å². The number of para-hydroxylation sites is 1. The number of amidine groups is 1. The number of benzene rings is 2. The maximum Gasteiger partial charge on any atom is 0.263 e. The Morgan fingerprint density at radius 2 is 1.80 bits per heavy atom. The summed E-state index contributed by atoms with van der Waals surface area (Å²) < 4.78 is 26.6. The summed E-state index contributed by atoms with van der Waals surface area (Å²) in [4.78, 5) is 30.4. The maximum absolute atomic E-state index is 12.3. The van der Waals surface area contributed by atoms with E-state index in [2.05, 4.69) is 15.0 Å². The molecule has 0 unspecified atom stereocenters. The van der Waals surface area contributed by atoms with E-state index in [-0.39, 0.29) is 42.1 Å². The Bertz CT molecular complexity index is 1100. The van der Waals surface area contributed by atoms with Crippen LogP contribution in [0, 0.1) is 0 Å². The molecule has 30 heavy (non-hydrogen) atoms. The van der Waals surface area contributed by atoms with E-state index in [1.165, 1.54) is 11.0 Å². The van der Waals surface area contributed by atoms with Crippen molar-refractivity contribution in [3.63, 3.8) is 0 Å². The molecular weight excluding hydrogens is 404 g/mol. The molecule has 0 spiro atoms. The molecule has 0 fully saturated rings. The van der Waals surface area contributed by atoms with Crippen molar-refractivity contribution in [1.29, 1.82) is 0 Å². The van der Waals surface area contributed by atoms with Crippen LogP contribution in [0.25, 0.3) is 0 Å². The van der Waals surface area contributed by atoms with Crippen molar-refractivity contribution < 1.29 is 18.0 Å². The van der Waals surface area contributed by atoms with Gasteiger partial charge < -0.3 is 10.2 Å². The number of sulfonamides is 1. The quantitative estimate of drug-likeness (QED) is 0.701. The van der Waals surface area contributed by atoms with Crippen molar-refractivity contribution in [2.45, 2.75) is 24.7 Å². The number of hydrogen-bond donors (Lipinski definition) is 2. The number of hydrogen-bond acceptors (Lipinski definition) is 5. The van der Waals surface area contributed by atoms with Crippen LogP contribution in [-0.2, 0) is 26.0 Å². The Morgan fingerprint density at radius 1 is 1.10 bits per heavy atom. The largest absolute Gasteiger partial charge is 0.336 e. The third-order valence-electron chi connectivity index (χ3n) is 4.74. The Hall–Kier alpha value is -3.20. The van der Waals surface area contributed by atoms with Gasteiger partial charge in [-0.15, -0.1) is 0 Å². The highest BCUT2D eigenvalue weighted by Gasteiger charge is 2.30. The highest BCUT2D eigenvalue weighted by atomic mass is 32.2. The number of carbonyl (C=O) groups is 2. The lowest BCUT2D eigenvalue weighted by Crippen LogP contribution is -2.35. The van der Waals surface area contributed by atoms with Gasteiger partial charge in [-0.2, -0.15) is 0 Å². The van der Waals surface area contributed by atoms with Crippen LogP contribution in [0.5, 0.6) is 0 Å². The van der Waals surface area contributed by atoms with Crippen LogP contribution >= 0.6 is 0 Å².